The average Bonchev–Trinajstić information content (AvgIpc) is 2.86. The lowest BCUT2D eigenvalue weighted by atomic mass is 10.1. The van der Waals surface area contributed by atoms with Gasteiger partial charge in [-0.3, -0.25) is 0 Å². The van der Waals surface area contributed by atoms with Crippen molar-refractivity contribution in [3.63, 3.8) is 0 Å². The van der Waals surface area contributed by atoms with Gasteiger partial charge in [0.25, 0.3) is 0 Å². The number of aliphatic carboxylic acids is 1. The molecule has 19 heavy (non-hydrogen) atoms. The number of nitriles is 1. The molecule has 3 N–H and O–H groups in total. The number of hydrogen-bond acceptors (Lipinski definition) is 4. The van der Waals surface area contributed by atoms with Crippen LogP contribution in [0.3, 0.4) is 0 Å². The largest absolute Gasteiger partial charge is 0.478 e. The van der Waals surface area contributed by atoms with Gasteiger partial charge in [-0.05, 0) is 29.8 Å². The normalized spacial score (nSPS) is 11.0. The van der Waals surface area contributed by atoms with Crippen molar-refractivity contribution in [1.29, 1.82) is 5.26 Å². The molecule has 0 aliphatic heterocycles. The molecule has 5 heteroatoms. The smallest absolute Gasteiger partial charge is 0.329 e. The van der Waals surface area contributed by atoms with E-state index in [1.165, 1.54) is 11.3 Å². The highest BCUT2D eigenvalue weighted by atomic mass is 32.1. The van der Waals surface area contributed by atoms with E-state index in [9.17, 15) is 4.79 Å². The SMILES string of the molecule is N#C/C(=C\C(=O)O)c1ccc(-c2ccc(N)cc2)s1. The Balaban J connectivity index is 2.36. The maximum absolute atomic E-state index is 10.6. The molecule has 0 radical (unpaired) electrons. The molecule has 1 aromatic carbocycles. The summed E-state index contributed by atoms with van der Waals surface area (Å²) in [4.78, 5) is 12.2. The Bertz CT molecular complexity index is 678. The fourth-order valence-electron chi connectivity index (χ4n) is 1.57. The van der Waals surface area contributed by atoms with Gasteiger partial charge in [-0.25, -0.2) is 4.79 Å². The Morgan fingerprint density at radius 2 is 1.95 bits per heavy atom. The van der Waals surface area contributed by atoms with Crippen LogP contribution in [0.5, 0.6) is 0 Å². The van der Waals surface area contributed by atoms with Crippen LogP contribution in [0.4, 0.5) is 5.69 Å². The molecular formula is C14H10N2O2S. The molecule has 2 aromatic rings. The maximum Gasteiger partial charge on any atom is 0.329 e. The van der Waals surface area contributed by atoms with Gasteiger partial charge in [-0.1, -0.05) is 12.1 Å². The molecule has 94 valence electrons. The summed E-state index contributed by atoms with van der Waals surface area (Å²) in [5, 5.41) is 17.6. The van der Waals surface area contributed by atoms with E-state index in [2.05, 4.69) is 0 Å². The highest BCUT2D eigenvalue weighted by Crippen LogP contribution is 2.32. The van der Waals surface area contributed by atoms with Crippen molar-refractivity contribution in [1.82, 2.24) is 0 Å². The Hall–Kier alpha value is -2.58. The minimum Gasteiger partial charge on any atom is -0.478 e. The van der Waals surface area contributed by atoms with Crippen molar-refractivity contribution in [2.24, 2.45) is 0 Å². The van der Waals surface area contributed by atoms with E-state index in [1.54, 1.807) is 18.2 Å². The lowest BCUT2D eigenvalue weighted by Crippen LogP contribution is -1.89. The number of rotatable bonds is 3. The molecule has 1 aromatic heterocycles. The van der Waals surface area contributed by atoms with Gasteiger partial charge in [-0.2, -0.15) is 5.26 Å². The first-order chi connectivity index (χ1) is 9.10. The first-order valence-corrected chi connectivity index (χ1v) is 6.22. The number of carboxylic acid groups (broad SMARTS) is 1. The maximum atomic E-state index is 10.6. The zero-order valence-corrected chi connectivity index (χ0v) is 10.6. The summed E-state index contributed by atoms with van der Waals surface area (Å²) in [6.45, 7) is 0. The topological polar surface area (TPSA) is 87.1 Å². The van der Waals surface area contributed by atoms with E-state index in [1.807, 2.05) is 24.3 Å². The number of carboxylic acids is 1. The summed E-state index contributed by atoms with van der Waals surface area (Å²) in [6.07, 6.45) is 0.915. The minimum atomic E-state index is -1.13. The average molecular weight is 270 g/mol. The predicted octanol–water partition coefficient (Wildman–Crippen LogP) is 2.99. The molecular weight excluding hydrogens is 260 g/mol. The molecule has 0 fully saturated rings. The molecule has 0 unspecified atom stereocenters. The van der Waals surface area contributed by atoms with Crippen molar-refractivity contribution in [2.75, 3.05) is 5.73 Å². The van der Waals surface area contributed by atoms with E-state index < -0.39 is 5.97 Å². The van der Waals surface area contributed by atoms with Gasteiger partial charge in [0.1, 0.15) is 6.07 Å². The van der Waals surface area contributed by atoms with E-state index >= 15 is 0 Å². The van der Waals surface area contributed by atoms with Crippen LogP contribution in [0, 0.1) is 11.3 Å². The van der Waals surface area contributed by atoms with Crippen molar-refractivity contribution in [3.05, 3.63) is 47.4 Å². The second-order valence-corrected chi connectivity index (χ2v) is 4.88. The van der Waals surface area contributed by atoms with Gasteiger partial charge >= 0.3 is 5.97 Å². The van der Waals surface area contributed by atoms with E-state index in [-0.39, 0.29) is 5.57 Å². The molecule has 0 bridgehead atoms. The van der Waals surface area contributed by atoms with Gasteiger partial charge < -0.3 is 10.8 Å². The van der Waals surface area contributed by atoms with E-state index in [0.717, 1.165) is 16.5 Å². The summed E-state index contributed by atoms with van der Waals surface area (Å²) in [5.41, 5.74) is 7.44. The zero-order valence-electron chi connectivity index (χ0n) is 9.83. The van der Waals surface area contributed by atoms with Gasteiger partial charge in [0.15, 0.2) is 0 Å². The molecule has 0 spiro atoms. The van der Waals surface area contributed by atoms with Gasteiger partial charge in [0.05, 0.1) is 5.57 Å². The van der Waals surface area contributed by atoms with Crippen molar-refractivity contribution in [3.8, 4) is 16.5 Å². The number of hydrogen-bond donors (Lipinski definition) is 2. The van der Waals surface area contributed by atoms with Crippen molar-refractivity contribution >= 4 is 28.6 Å². The monoisotopic (exact) mass is 270 g/mol. The van der Waals surface area contributed by atoms with Crippen LogP contribution in [0.1, 0.15) is 4.88 Å². The Labute approximate surface area is 114 Å². The van der Waals surface area contributed by atoms with Crippen LogP contribution in [-0.2, 0) is 4.79 Å². The van der Waals surface area contributed by atoms with Crippen molar-refractivity contribution in [2.45, 2.75) is 0 Å². The highest BCUT2D eigenvalue weighted by molar-refractivity contribution is 7.16. The quantitative estimate of drug-likeness (QED) is 0.510. The Morgan fingerprint density at radius 1 is 1.26 bits per heavy atom. The van der Waals surface area contributed by atoms with E-state index in [0.29, 0.717) is 10.6 Å². The zero-order chi connectivity index (χ0) is 13.8. The first-order valence-electron chi connectivity index (χ1n) is 5.41. The molecule has 0 amide bonds. The molecule has 4 nitrogen and oxygen atoms in total. The second kappa shape index (κ2) is 5.38. The summed E-state index contributed by atoms with van der Waals surface area (Å²) < 4.78 is 0. The molecule has 0 aliphatic carbocycles. The third-order valence-electron chi connectivity index (χ3n) is 2.45. The highest BCUT2D eigenvalue weighted by Gasteiger charge is 2.08. The number of nitrogens with two attached hydrogens (primary N) is 1. The number of nitrogens with zero attached hydrogens (tertiary/aromatic N) is 1. The van der Waals surface area contributed by atoms with Crippen LogP contribution in [-0.4, -0.2) is 11.1 Å². The fourth-order valence-corrected chi connectivity index (χ4v) is 2.54. The summed E-state index contributed by atoms with van der Waals surface area (Å²) in [6, 6.07) is 12.9. The third-order valence-corrected chi connectivity index (χ3v) is 3.62. The second-order valence-electron chi connectivity index (χ2n) is 3.79. The number of anilines is 1. The Morgan fingerprint density at radius 3 is 2.53 bits per heavy atom. The third kappa shape index (κ3) is 3.00. The number of nitrogen functional groups attached to an aromatic ring is 1. The predicted molar refractivity (Wildman–Crippen MR) is 75.4 cm³/mol. The fraction of sp³-hybridized carbons (Fsp3) is 0. The van der Waals surface area contributed by atoms with Gasteiger partial charge in [-0.15, -0.1) is 11.3 Å². The Kier molecular flexibility index (Phi) is 3.64. The molecule has 1 heterocycles. The summed E-state index contributed by atoms with van der Waals surface area (Å²) >= 11 is 1.37. The number of carbonyl (C=O) groups is 1. The van der Waals surface area contributed by atoms with Crippen LogP contribution < -0.4 is 5.73 Å². The summed E-state index contributed by atoms with van der Waals surface area (Å²) in [5.74, 6) is -1.13. The minimum absolute atomic E-state index is 0.152. The lowest BCUT2D eigenvalue weighted by Gasteiger charge is -1.97. The van der Waals surface area contributed by atoms with E-state index in [4.69, 9.17) is 16.1 Å². The molecule has 2 rings (SSSR count). The number of allylic oxidation sites excluding steroid dienone is 1. The van der Waals surface area contributed by atoms with Crippen LogP contribution in [0.2, 0.25) is 0 Å². The van der Waals surface area contributed by atoms with Crippen LogP contribution in [0.25, 0.3) is 16.0 Å². The van der Waals surface area contributed by atoms with Gasteiger partial charge in [0.2, 0.25) is 0 Å². The van der Waals surface area contributed by atoms with Crippen LogP contribution >= 0.6 is 11.3 Å². The number of benzene rings is 1. The lowest BCUT2D eigenvalue weighted by molar-refractivity contribution is -0.131. The van der Waals surface area contributed by atoms with Gasteiger partial charge in [0, 0.05) is 21.5 Å². The van der Waals surface area contributed by atoms with Crippen LogP contribution in [0.15, 0.2) is 42.5 Å². The number of thiophene rings is 1. The molecule has 0 atom stereocenters. The molecule has 0 aliphatic rings. The first kappa shape index (κ1) is 12.9. The summed E-state index contributed by atoms with van der Waals surface area (Å²) in [7, 11) is 0. The van der Waals surface area contributed by atoms with Crippen molar-refractivity contribution < 1.29 is 9.90 Å². The standard InChI is InChI=1S/C14H10N2O2S/c15-8-10(7-14(17)18)13-6-5-12(19-13)9-1-3-11(16)4-2-9/h1-7H,16H2,(H,17,18)/b10-7+. The molecule has 0 saturated heterocycles. The molecule has 0 saturated carbocycles.